The highest BCUT2D eigenvalue weighted by molar-refractivity contribution is 7.47. The van der Waals surface area contributed by atoms with Gasteiger partial charge in [-0.25, -0.2) is 9.36 Å². The van der Waals surface area contributed by atoms with Crippen LogP contribution in [0.25, 0.3) is 0 Å². The molecule has 24 nitrogen and oxygen atoms in total. The maximum absolute atomic E-state index is 14.3. The third-order valence-electron chi connectivity index (χ3n) is 19.1. The van der Waals surface area contributed by atoms with Gasteiger partial charge in [0.1, 0.15) is 98.7 Å². The number of hydrogen-bond acceptors (Lipinski definition) is 23. The Morgan fingerprint density at radius 3 is 1.30 bits per heavy atom. The van der Waals surface area contributed by atoms with Crippen molar-refractivity contribution in [2.75, 3.05) is 26.4 Å². The SMILES string of the molecule is CCCCCCCCC/C=C\CCCCCC(=O)OCC1OC(OC2C(O)C(O)C(O)C(OC3OC(CO)C(O)C(O)C3O)C2OP(=O)(O)OCC(COC(=O)CCCCCCCCC(C)CCCCCCCC)OC(=O)/C=C/C=C/CCCCCCCCCCCCC)C(O)C(O)C1O. The van der Waals surface area contributed by atoms with Gasteiger partial charge in [0.2, 0.25) is 0 Å². The van der Waals surface area contributed by atoms with Crippen molar-refractivity contribution in [1.82, 2.24) is 0 Å². The van der Waals surface area contributed by atoms with Gasteiger partial charge in [0.25, 0.3) is 0 Å². The van der Waals surface area contributed by atoms with E-state index < -0.39 is 156 Å². The number of hydrogen-bond donors (Lipinski definition) is 11. The van der Waals surface area contributed by atoms with Gasteiger partial charge in [0.05, 0.1) is 13.2 Å². The second-order valence-corrected chi connectivity index (χ2v) is 29.5. The summed E-state index contributed by atoms with van der Waals surface area (Å²) in [5, 5.41) is 110. The van der Waals surface area contributed by atoms with E-state index in [0.29, 0.717) is 18.8 Å². The van der Waals surface area contributed by atoms with Gasteiger partial charge in [-0.05, 0) is 57.3 Å². The summed E-state index contributed by atoms with van der Waals surface area (Å²) in [5.74, 6) is -1.57. The summed E-state index contributed by atoms with van der Waals surface area (Å²) in [5.41, 5.74) is 0. The number of allylic oxidation sites excluding steroid dienone is 5. The lowest BCUT2D eigenvalue weighted by molar-refractivity contribution is -0.360. The highest BCUT2D eigenvalue weighted by atomic mass is 31.2. The molecule has 2 heterocycles. The summed E-state index contributed by atoms with van der Waals surface area (Å²) in [6, 6.07) is 0. The van der Waals surface area contributed by atoms with Gasteiger partial charge in [0.15, 0.2) is 18.7 Å². The zero-order valence-electron chi connectivity index (χ0n) is 61.1. The van der Waals surface area contributed by atoms with Crippen LogP contribution in [0.2, 0.25) is 0 Å². The fraction of sp³-hybridized carbons (Fsp3) is 0.880. The molecule has 0 bridgehead atoms. The molecule has 25 heteroatoms. The standard InChI is InChI=1S/C75H135O24P/c1-5-8-11-14-17-19-21-23-25-27-29-31-33-40-45-50-61(79)94-56(52-91-59(77)48-43-39-35-34-37-42-47-55(4)46-41-36-16-13-10-7-3)53-93-100(89,90)99-73-71(97-74-69(87)64(82)62(80)57(51-76)95-74)67(85)66(84)68(86)72(73)98-75-70(88)65(83)63(81)58(96-75)54-92-60(78)49-44-38-32-30-28-26-24-22-20-18-15-12-9-6-2/h26,28,33,40,45,50,55-58,62-76,80-88H,5-25,27,29-32,34-39,41-44,46-49,51-54H2,1-4H3,(H,89,90)/b28-26-,40-33+,50-45+. The first-order valence-corrected chi connectivity index (χ1v) is 40.2. The summed E-state index contributed by atoms with van der Waals surface area (Å²) in [4.78, 5) is 51.0. The molecule has 3 fully saturated rings. The number of unbranched alkanes of at least 4 members (excludes halogenated alkanes) is 31. The Kier molecular flexibility index (Phi) is 50.8. The molecule has 0 aromatic heterocycles. The summed E-state index contributed by atoms with van der Waals surface area (Å²) in [6.45, 7) is 5.65. The first-order valence-electron chi connectivity index (χ1n) is 38.7. The molecule has 100 heavy (non-hydrogen) atoms. The van der Waals surface area contributed by atoms with E-state index in [9.17, 15) is 74.9 Å². The van der Waals surface area contributed by atoms with Gasteiger partial charge in [-0.15, -0.1) is 0 Å². The van der Waals surface area contributed by atoms with Crippen LogP contribution >= 0.6 is 7.82 Å². The largest absolute Gasteiger partial charge is 0.472 e. The second kappa shape index (κ2) is 55.6. The zero-order valence-corrected chi connectivity index (χ0v) is 62.0. The number of esters is 3. The number of phosphoric ester groups is 1. The van der Waals surface area contributed by atoms with E-state index in [2.05, 4.69) is 39.8 Å². The molecule has 1 aliphatic carbocycles. The molecule has 3 rings (SSSR count). The lowest BCUT2D eigenvalue weighted by Gasteiger charge is -2.49. The maximum atomic E-state index is 14.3. The molecule has 19 atom stereocenters. The minimum atomic E-state index is -5.73. The zero-order chi connectivity index (χ0) is 73.3. The Morgan fingerprint density at radius 1 is 0.440 bits per heavy atom. The van der Waals surface area contributed by atoms with Gasteiger partial charge in [-0.3, -0.25) is 18.6 Å². The van der Waals surface area contributed by atoms with E-state index in [0.717, 1.165) is 96.0 Å². The van der Waals surface area contributed by atoms with Crippen molar-refractivity contribution < 1.29 is 117 Å². The highest BCUT2D eigenvalue weighted by Crippen LogP contribution is 2.49. The maximum Gasteiger partial charge on any atom is 0.472 e. The predicted octanol–water partition coefficient (Wildman–Crippen LogP) is 10.9. The number of carbonyl (C=O) groups excluding carboxylic acids is 3. The van der Waals surface area contributed by atoms with E-state index in [1.54, 1.807) is 6.08 Å². The molecule has 584 valence electrons. The summed E-state index contributed by atoms with van der Waals surface area (Å²) in [6.07, 6.45) is 17.1. The van der Waals surface area contributed by atoms with Crippen molar-refractivity contribution in [2.45, 2.75) is 389 Å². The van der Waals surface area contributed by atoms with Gasteiger partial charge in [0, 0.05) is 18.9 Å². The van der Waals surface area contributed by atoms with Crippen molar-refractivity contribution in [1.29, 1.82) is 0 Å². The summed E-state index contributed by atoms with van der Waals surface area (Å²) < 4.78 is 64.9. The molecule has 0 aromatic carbocycles. The van der Waals surface area contributed by atoms with Crippen molar-refractivity contribution >= 4 is 25.7 Å². The smallest absolute Gasteiger partial charge is 0.463 e. The second-order valence-electron chi connectivity index (χ2n) is 28.1. The van der Waals surface area contributed by atoms with Crippen LogP contribution in [0, 0.1) is 5.92 Å². The van der Waals surface area contributed by atoms with E-state index >= 15 is 0 Å². The van der Waals surface area contributed by atoms with Crippen LogP contribution in [0.1, 0.15) is 285 Å². The first kappa shape index (κ1) is 91.4. The Hall–Kier alpha value is -2.82. The fourth-order valence-electron chi connectivity index (χ4n) is 12.7. The minimum Gasteiger partial charge on any atom is -0.463 e. The van der Waals surface area contributed by atoms with Crippen LogP contribution < -0.4 is 0 Å². The molecule has 0 radical (unpaired) electrons. The molecular formula is C75H135O24P. The monoisotopic (exact) mass is 1450 g/mol. The van der Waals surface area contributed by atoms with Gasteiger partial charge in [-0.1, -0.05) is 251 Å². The number of phosphoric acid groups is 1. The molecule has 0 amide bonds. The van der Waals surface area contributed by atoms with Gasteiger partial charge in [-0.2, -0.15) is 0 Å². The minimum absolute atomic E-state index is 0.00397. The average molecular weight is 1450 g/mol. The molecular weight excluding hydrogens is 1320 g/mol. The number of aliphatic hydroxyl groups is 10. The van der Waals surface area contributed by atoms with Crippen LogP contribution in [0.15, 0.2) is 36.5 Å². The molecule has 3 aliphatic rings. The summed E-state index contributed by atoms with van der Waals surface area (Å²) in [7, 11) is -5.73. The van der Waals surface area contributed by atoms with E-state index in [4.69, 9.17) is 42.2 Å². The topological polar surface area (TPSA) is 374 Å². The lowest BCUT2D eigenvalue weighted by atomic mass is 9.84. The lowest BCUT2D eigenvalue weighted by Crippen LogP contribution is -2.69. The van der Waals surface area contributed by atoms with Crippen molar-refractivity contribution in [2.24, 2.45) is 5.92 Å². The molecule has 19 unspecified atom stereocenters. The van der Waals surface area contributed by atoms with Gasteiger partial charge < -0.3 is 89.1 Å². The van der Waals surface area contributed by atoms with Crippen molar-refractivity contribution in [3.63, 3.8) is 0 Å². The van der Waals surface area contributed by atoms with Crippen molar-refractivity contribution in [3.8, 4) is 0 Å². The molecule has 2 saturated heterocycles. The Labute approximate surface area is 597 Å². The van der Waals surface area contributed by atoms with Gasteiger partial charge >= 0.3 is 25.7 Å². The van der Waals surface area contributed by atoms with Crippen molar-refractivity contribution in [3.05, 3.63) is 36.5 Å². The average Bonchev–Trinajstić information content (AvgIpc) is 0.768. The first-order chi connectivity index (χ1) is 48.2. The fourth-order valence-corrected chi connectivity index (χ4v) is 13.7. The molecule has 11 N–H and O–H groups in total. The quantitative estimate of drug-likeness (QED) is 0.00512. The Bertz CT molecular complexity index is 2220. The van der Waals surface area contributed by atoms with Crippen LogP contribution in [-0.4, -0.2) is 204 Å². The molecule has 2 aliphatic heterocycles. The molecule has 0 spiro atoms. The normalized spacial score (nSPS) is 27.8. The van der Waals surface area contributed by atoms with E-state index in [1.807, 2.05) is 6.08 Å². The van der Waals surface area contributed by atoms with Crippen LogP contribution in [-0.2, 0) is 61.2 Å². The third-order valence-corrected chi connectivity index (χ3v) is 20.1. The number of aliphatic hydroxyl groups excluding tert-OH is 10. The predicted molar refractivity (Wildman–Crippen MR) is 379 cm³/mol. The van der Waals surface area contributed by atoms with Crippen LogP contribution in [0.4, 0.5) is 0 Å². The Morgan fingerprint density at radius 2 is 0.830 bits per heavy atom. The third kappa shape index (κ3) is 38.4. The number of ether oxygens (including phenoxy) is 7. The number of carbonyl (C=O) groups is 3. The van der Waals surface area contributed by atoms with Crippen LogP contribution in [0.3, 0.4) is 0 Å². The Balaban J connectivity index is 1.76. The highest BCUT2D eigenvalue weighted by Gasteiger charge is 2.58. The van der Waals surface area contributed by atoms with Crippen LogP contribution in [0.5, 0.6) is 0 Å². The molecule has 1 saturated carbocycles. The van der Waals surface area contributed by atoms with E-state index in [-0.39, 0.29) is 12.8 Å². The van der Waals surface area contributed by atoms with E-state index in [1.165, 1.54) is 147 Å². The number of rotatable bonds is 59. The molecule has 0 aromatic rings. The summed E-state index contributed by atoms with van der Waals surface area (Å²) >= 11 is 0.